The number of aromatic nitrogens is 2. The Hall–Kier alpha value is -2.57. The summed E-state index contributed by atoms with van der Waals surface area (Å²) in [5, 5.41) is 9.67. The lowest BCUT2D eigenvalue weighted by molar-refractivity contribution is -0.115. The minimum atomic E-state index is -0.244. The fourth-order valence-corrected chi connectivity index (χ4v) is 1.49. The number of amides is 1. The van der Waals surface area contributed by atoms with E-state index in [1.165, 1.54) is 0 Å². The van der Waals surface area contributed by atoms with Crippen LogP contribution >= 0.6 is 0 Å². The summed E-state index contributed by atoms with van der Waals surface area (Å²) in [6, 6.07) is 7.08. The van der Waals surface area contributed by atoms with Gasteiger partial charge in [-0.25, -0.2) is 4.63 Å². The molecule has 0 aliphatic heterocycles. The first kappa shape index (κ1) is 12.9. The summed E-state index contributed by atoms with van der Waals surface area (Å²) in [5.74, 6) is 0.638. The Bertz CT molecular complexity index is 550. The lowest BCUT2D eigenvalue weighted by Crippen LogP contribution is -2.15. The van der Waals surface area contributed by atoms with E-state index in [0.29, 0.717) is 18.0 Å². The first-order valence-electron chi connectivity index (χ1n) is 5.78. The largest absolute Gasteiger partial charge is 0.494 e. The van der Waals surface area contributed by atoms with Gasteiger partial charge < -0.3 is 15.8 Å². The van der Waals surface area contributed by atoms with Crippen molar-refractivity contribution in [3.05, 3.63) is 30.0 Å². The third kappa shape index (κ3) is 3.44. The number of nitrogens with zero attached hydrogens (tertiary/aromatic N) is 2. The Kier molecular flexibility index (Phi) is 3.97. The minimum absolute atomic E-state index is 0.0164. The molecule has 0 fully saturated rings. The molecular weight excluding hydrogens is 248 g/mol. The highest BCUT2D eigenvalue weighted by atomic mass is 16.6. The molecule has 0 atom stereocenters. The first-order valence-corrected chi connectivity index (χ1v) is 5.78. The van der Waals surface area contributed by atoms with E-state index in [1.807, 2.05) is 6.92 Å². The van der Waals surface area contributed by atoms with Gasteiger partial charge in [0.05, 0.1) is 13.0 Å². The van der Waals surface area contributed by atoms with Crippen molar-refractivity contribution >= 4 is 17.4 Å². The molecule has 0 saturated carbocycles. The standard InChI is InChI=1S/C12H14N4O3/c1-2-18-9-5-3-8(4-6-9)14-11(17)7-10-12(13)16-19-15-10/h3-6H,2,7H2,1H3,(H2,13,16)(H,14,17). The van der Waals surface area contributed by atoms with Crippen LogP contribution in [0.2, 0.25) is 0 Å². The van der Waals surface area contributed by atoms with Crippen LogP contribution in [0.1, 0.15) is 12.6 Å². The molecule has 100 valence electrons. The predicted molar refractivity (Wildman–Crippen MR) is 68.7 cm³/mol. The van der Waals surface area contributed by atoms with Gasteiger partial charge in [0.1, 0.15) is 11.4 Å². The summed E-state index contributed by atoms with van der Waals surface area (Å²) >= 11 is 0. The lowest BCUT2D eigenvalue weighted by atomic mass is 10.2. The second-order valence-electron chi connectivity index (χ2n) is 3.78. The summed E-state index contributed by atoms with van der Waals surface area (Å²) < 4.78 is 9.72. The van der Waals surface area contributed by atoms with Crippen LogP contribution in [0.4, 0.5) is 11.5 Å². The van der Waals surface area contributed by atoms with E-state index >= 15 is 0 Å². The van der Waals surface area contributed by atoms with Gasteiger partial charge in [-0.15, -0.1) is 0 Å². The van der Waals surface area contributed by atoms with Crippen molar-refractivity contribution in [3.63, 3.8) is 0 Å². The Labute approximate surface area is 109 Å². The van der Waals surface area contributed by atoms with Gasteiger partial charge in [0.15, 0.2) is 5.82 Å². The maximum absolute atomic E-state index is 11.7. The van der Waals surface area contributed by atoms with Gasteiger partial charge in [-0.1, -0.05) is 5.16 Å². The second-order valence-corrected chi connectivity index (χ2v) is 3.78. The average molecular weight is 262 g/mol. The Morgan fingerprint density at radius 1 is 1.37 bits per heavy atom. The number of carbonyl (C=O) groups is 1. The number of rotatable bonds is 5. The SMILES string of the molecule is CCOc1ccc(NC(=O)Cc2nonc2N)cc1. The highest BCUT2D eigenvalue weighted by molar-refractivity contribution is 5.92. The van der Waals surface area contributed by atoms with Gasteiger partial charge >= 0.3 is 0 Å². The molecule has 0 saturated heterocycles. The molecule has 0 unspecified atom stereocenters. The molecule has 0 spiro atoms. The molecule has 3 N–H and O–H groups in total. The van der Waals surface area contributed by atoms with E-state index < -0.39 is 0 Å². The Balaban J connectivity index is 1.93. The number of nitrogen functional groups attached to an aromatic ring is 1. The molecule has 0 radical (unpaired) electrons. The smallest absolute Gasteiger partial charge is 0.230 e. The van der Waals surface area contributed by atoms with E-state index in [0.717, 1.165) is 5.75 Å². The molecule has 7 heteroatoms. The number of benzene rings is 1. The van der Waals surface area contributed by atoms with Crippen molar-refractivity contribution < 1.29 is 14.2 Å². The van der Waals surface area contributed by atoms with Gasteiger partial charge in [-0.3, -0.25) is 4.79 Å². The zero-order valence-corrected chi connectivity index (χ0v) is 10.4. The van der Waals surface area contributed by atoms with Gasteiger partial charge in [0, 0.05) is 5.69 Å². The molecule has 1 aromatic carbocycles. The molecule has 0 aliphatic rings. The predicted octanol–water partition coefficient (Wildman–Crippen LogP) is 1.23. The summed E-state index contributed by atoms with van der Waals surface area (Å²) in [6.07, 6.45) is 0.0164. The molecule has 0 aliphatic carbocycles. The molecule has 2 aromatic rings. The number of ether oxygens (including phenoxy) is 1. The third-order valence-electron chi connectivity index (χ3n) is 2.36. The fourth-order valence-electron chi connectivity index (χ4n) is 1.49. The van der Waals surface area contributed by atoms with Gasteiger partial charge in [-0.2, -0.15) is 0 Å². The lowest BCUT2D eigenvalue weighted by Gasteiger charge is -2.06. The van der Waals surface area contributed by atoms with E-state index in [1.54, 1.807) is 24.3 Å². The quantitative estimate of drug-likeness (QED) is 0.840. The van der Waals surface area contributed by atoms with E-state index in [9.17, 15) is 4.79 Å². The van der Waals surface area contributed by atoms with Crippen molar-refractivity contribution in [1.82, 2.24) is 10.3 Å². The van der Waals surface area contributed by atoms with Crippen molar-refractivity contribution in [1.29, 1.82) is 0 Å². The van der Waals surface area contributed by atoms with E-state index in [-0.39, 0.29) is 18.1 Å². The molecule has 1 amide bonds. The average Bonchev–Trinajstić information content (AvgIpc) is 2.78. The molecule has 0 bridgehead atoms. The van der Waals surface area contributed by atoms with Crippen LogP contribution in [-0.4, -0.2) is 22.8 Å². The number of nitrogens with two attached hydrogens (primary N) is 1. The zero-order chi connectivity index (χ0) is 13.7. The van der Waals surface area contributed by atoms with Crippen molar-refractivity contribution in [2.45, 2.75) is 13.3 Å². The van der Waals surface area contributed by atoms with Crippen LogP contribution in [0, 0.1) is 0 Å². The number of carbonyl (C=O) groups excluding carboxylic acids is 1. The van der Waals surface area contributed by atoms with Crippen LogP contribution < -0.4 is 15.8 Å². The normalized spacial score (nSPS) is 10.2. The molecule has 2 rings (SSSR count). The van der Waals surface area contributed by atoms with Crippen LogP contribution in [0.5, 0.6) is 5.75 Å². The van der Waals surface area contributed by atoms with Crippen LogP contribution in [0.25, 0.3) is 0 Å². The Morgan fingerprint density at radius 3 is 2.68 bits per heavy atom. The van der Waals surface area contributed by atoms with Crippen LogP contribution in [0.3, 0.4) is 0 Å². The molecular formula is C12H14N4O3. The number of anilines is 2. The highest BCUT2D eigenvalue weighted by Crippen LogP contribution is 2.16. The first-order chi connectivity index (χ1) is 9.19. The molecule has 19 heavy (non-hydrogen) atoms. The molecule has 1 aromatic heterocycles. The summed E-state index contributed by atoms with van der Waals surface area (Å²) in [4.78, 5) is 11.7. The monoisotopic (exact) mass is 262 g/mol. The minimum Gasteiger partial charge on any atom is -0.494 e. The van der Waals surface area contributed by atoms with Crippen molar-refractivity contribution in [2.24, 2.45) is 0 Å². The van der Waals surface area contributed by atoms with Crippen LogP contribution in [-0.2, 0) is 11.2 Å². The van der Waals surface area contributed by atoms with E-state index in [2.05, 4.69) is 20.3 Å². The van der Waals surface area contributed by atoms with Gasteiger partial charge in [0.2, 0.25) is 5.91 Å². The van der Waals surface area contributed by atoms with Gasteiger partial charge in [0.25, 0.3) is 0 Å². The summed E-state index contributed by atoms with van der Waals surface area (Å²) in [7, 11) is 0. The second kappa shape index (κ2) is 5.85. The topological polar surface area (TPSA) is 103 Å². The highest BCUT2D eigenvalue weighted by Gasteiger charge is 2.11. The summed E-state index contributed by atoms with van der Waals surface area (Å²) in [5.41, 5.74) is 6.46. The maximum atomic E-state index is 11.7. The number of hydrogen-bond acceptors (Lipinski definition) is 6. The van der Waals surface area contributed by atoms with E-state index in [4.69, 9.17) is 10.5 Å². The van der Waals surface area contributed by atoms with Crippen molar-refractivity contribution in [3.8, 4) is 5.75 Å². The number of nitrogens with one attached hydrogen (secondary N) is 1. The molecule has 7 nitrogen and oxygen atoms in total. The summed E-state index contributed by atoms with van der Waals surface area (Å²) in [6.45, 7) is 2.51. The number of hydrogen-bond donors (Lipinski definition) is 2. The van der Waals surface area contributed by atoms with Crippen LogP contribution in [0.15, 0.2) is 28.9 Å². The van der Waals surface area contributed by atoms with Crippen molar-refractivity contribution in [2.75, 3.05) is 17.7 Å². The Morgan fingerprint density at radius 2 is 2.11 bits per heavy atom. The van der Waals surface area contributed by atoms with Gasteiger partial charge in [-0.05, 0) is 36.3 Å². The fraction of sp³-hybridized carbons (Fsp3) is 0.250. The maximum Gasteiger partial charge on any atom is 0.230 e. The third-order valence-corrected chi connectivity index (χ3v) is 2.36. The zero-order valence-electron chi connectivity index (χ0n) is 10.4. The molecule has 1 heterocycles.